The van der Waals surface area contributed by atoms with E-state index in [4.69, 9.17) is 12.2 Å². The van der Waals surface area contributed by atoms with Crippen LogP contribution in [0.2, 0.25) is 0 Å². The van der Waals surface area contributed by atoms with Crippen molar-refractivity contribution in [2.75, 3.05) is 11.9 Å². The predicted molar refractivity (Wildman–Crippen MR) is 74.4 cm³/mol. The highest BCUT2D eigenvalue weighted by Gasteiger charge is 2.32. The molecule has 1 atom stereocenters. The highest BCUT2D eigenvalue weighted by Crippen LogP contribution is 2.45. The first-order valence-corrected chi connectivity index (χ1v) is 7.06. The van der Waals surface area contributed by atoms with Gasteiger partial charge in [-0.1, -0.05) is 36.1 Å². The molecule has 0 N–H and O–H groups in total. The first-order valence-electron chi connectivity index (χ1n) is 5.77. The number of hydrogen-bond acceptors (Lipinski definition) is 3. The monoisotopic (exact) mass is 249 g/mol. The Morgan fingerprint density at radius 3 is 2.88 bits per heavy atom. The average molecular weight is 249 g/mol. The lowest BCUT2D eigenvalue weighted by Crippen LogP contribution is -2.26. The summed E-state index contributed by atoms with van der Waals surface area (Å²) in [5, 5.41) is 0.519. The SMILES string of the molecule is CN1c2ccccc2SC1CC(=S)C1CC1. The molecule has 1 heterocycles. The van der Waals surface area contributed by atoms with Gasteiger partial charge in [0.2, 0.25) is 0 Å². The largest absolute Gasteiger partial charge is 0.361 e. The van der Waals surface area contributed by atoms with Gasteiger partial charge in [0.25, 0.3) is 0 Å². The zero-order chi connectivity index (χ0) is 11.1. The molecule has 0 bridgehead atoms. The van der Waals surface area contributed by atoms with E-state index >= 15 is 0 Å². The molecule has 0 spiro atoms. The van der Waals surface area contributed by atoms with Crippen LogP contribution in [0.1, 0.15) is 19.3 Å². The molecule has 1 aromatic rings. The molecule has 0 radical (unpaired) electrons. The third kappa shape index (κ3) is 1.87. The van der Waals surface area contributed by atoms with Crippen LogP contribution < -0.4 is 4.90 Å². The Labute approximate surface area is 106 Å². The van der Waals surface area contributed by atoms with E-state index in [0.29, 0.717) is 5.37 Å². The standard InChI is InChI=1S/C13H15NS2/c1-14-10-4-2-3-5-12(10)16-13(14)8-11(15)9-6-7-9/h2-5,9,13H,6-8H2,1H3. The summed E-state index contributed by atoms with van der Waals surface area (Å²) in [4.78, 5) is 5.06. The summed E-state index contributed by atoms with van der Waals surface area (Å²) in [5.41, 5.74) is 1.36. The molecule has 1 aliphatic carbocycles. The number of thiocarbonyl (C=S) groups is 1. The van der Waals surface area contributed by atoms with E-state index in [2.05, 4.69) is 36.2 Å². The van der Waals surface area contributed by atoms with Crippen molar-refractivity contribution >= 4 is 34.5 Å². The van der Waals surface area contributed by atoms with Crippen LogP contribution in [-0.2, 0) is 0 Å². The predicted octanol–water partition coefficient (Wildman–Crippen LogP) is 3.72. The Morgan fingerprint density at radius 1 is 1.44 bits per heavy atom. The topological polar surface area (TPSA) is 3.24 Å². The van der Waals surface area contributed by atoms with Crippen molar-refractivity contribution in [3.05, 3.63) is 24.3 Å². The van der Waals surface area contributed by atoms with E-state index in [1.54, 1.807) is 0 Å². The number of benzene rings is 1. The van der Waals surface area contributed by atoms with Crippen molar-refractivity contribution in [2.24, 2.45) is 5.92 Å². The highest BCUT2D eigenvalue weighted by molar-refractivity contribution is 8.00. The van der Waals surface area contributed by atoms with Gasteiger partial charge in [0.05, 0.1) is 11.1 Å². The van der Waals surface area contributed by atoms with Crippen LogP contribution in [0.25, 0.3) is 0 Å². The van der Waals surface area contributed by atoms with Crippen molar-refractivity contribution in [3.8, 4) is 0 Å². The van der Waals surface area contributed by atoms with Crippen LogP contribution in [0.3, 0.4) is 0 Å². The Bertz CT molecular complexity index is 426. The fourth-order valence-electron chi connectivity index (χ4n) is 2.15. The minimum absolute atomic E-state index is 0.519. The summed E-state index contributed by atoms with van der Waals surface area (Å²) < 4.78 is 0. The van der Waals surface area contributed by atoms with E-state index in [0.717, 1.165) is 12.3 Å². The second-order valence-corrected chi connectivity index (χ2v) is 6.34. The maximum atomic E-state index is 5.50. The van der Waals surface area contributed by atoms with E-state index in [1.165, 1.54) is 28.3 Å². The fraction of sp³-hybridized carbons (Fsp3) is 0.462. The van der Waals surface area contributed by atoms with Gasteiger partial charge in [-0.05, 0) is 35.8 Å². The quantitative estimate of drug-likeness (QED) is 0.752. The Kier molecular flexibility index (Phi) is 2.68. The lowest BCUT2D eigenvalue weighted by Gasteiger charge is -2.21. The molecular weight excluding hydrogens is 234 g/mol. The summed E-state index contributed by atoms with van der Waals surface area (Å²) in [6.45, 7) is 0. The van der Waals surface area contributed by atoms with Crippen LogP contribution in [0.4, 0.5) is 5.69 Å². The fourth-order valence-corrected chi connectivity index (χ4v) is 3.97. The van der Waals surface area contributed by atoms with Crippen LogP contribution in [0.15, 0.2) is 29.2 Å². The number of para-hydroxylation sites is 1. The number of rotatable bonds is 3. The summed E-state index contributed by atoms with van der Waals surface area (Å²) in [5.74, 6) is 0.757. The van der Waals surface area contributed by atoms with Gasteiger partial charge in [-0.2, -0.15) is 0 Å². The van der Waals surface area contributed by atoms with Crippen molar-refractivity contribution < 1.29 is 0 Å². The Morgan fingerprint density at radius 2 is 2.19 bits per heavy atom. The van der Waals surface area contributed by atoms with Crippen LogP contribution >= 0.6 is 24.0 Å². The first-order chi connectivity index (χ1) is 7.75. The molecule has 2 aliphatic rings. The van der Waals surface area contributed by atoms with Gasteiger partial charge in [-0.15, -0.1) is 0 Å². The lowest BCUT2D eigenvalue weighted by atomic mass is 10.2. The Balaban J connectivity index is 1.73. The van der Waals surface area contributed by atoms with Crippen LogP contribution in [0, 0.1) is 5.92 Å². The molecule has 0 amide bonds. The number of fused-ring (bicyclic) bond motifs is 1. The van der Waals surface area contributed by atoms with Gasteiger partial charge in [0.15, 0.2) is 0 Å². The highest BCUT2D eigenvalue weighted by atomic mass is 32.2. The molecule has 3 rings (SSSR count). The zero-order valence-corrected chi connectivity index (χ0v) is 11.0. The van der Waals surface area contributed by atoms with Gasteiger partial charge in [-0.25, -0.2) is 0 Å². The normalized spacial score (nSPS) is 23.3. The van der Waals surface area contributed by atoms with Gasteiger partial charge < -0.3 is 4.90 Å². The van der Waals surface area contributed by atoms with E-state index in [-0.39, 0.29) is 0 Å². The van der Waals surface area contributed by atoms with Gasteiger partial charge in [0, 0.05) is 18.4 Å². The second kappa shape index (κ2) is 4.04. The summed E-state index contributed by atoms with van der Waals surface area (Å²) >= 11 is 7.46. The second-order valence-electron chi connectivity index (χ2n) is 4.60. The summed E-state index contributed by atoms with van der Waals surface area (Å²) in [7, 11) is 2.18. The summed E-state index contributed by atoms with van der Waals surface area (Å²) in [6, 6.07) is 8.62. The number of nitrogens with zero attached hydrogens (tertiary/aromatic N) is 1. The van der Waals surface area contributed by atoms with Crippen LogP contribution in [0.5, 0.6) is 0 Å². The van der Waals surface area contributed by atoms with Crippen molar-refractivity contribution in [3.63, 3.8) is 0 Å². The molecule has 3 heteroatoms. The molecule has 1 saturated carbocycles. The number of hydrogen-bond donors (Lipinski definition) is 0. The Hall–Kier alpha value is -0.540. The molecular formula is C13H15NS2. The molecule has 16 heavy (non-hydrogen) atoms. The molecule has 1 unspecified atom stereocenters. The first kappa shape index (κ1) is 10.6. The van der Waals surface area contributed by atoms with E-state index in [9.17, 15) is 0 Å². The third-order valence-electron chi connectivity index (χ3n) is 3.35. The average Bonchev–Trinajstić information content (AvgIpc) is 3.08. The number of thioether (sulfide) groups is 1. The summed E-state index contributed by atoms with van der Waals surface area (Å²) in [6.07, 6.45) is 3.72. The van der Waals surface area contributed by atoms with Gasteiger partial charge in [0.1, 0.15) is 0 Å². The maximum absolute atomic E-state index is 5.50. The molecule has 0 aromatic heterocycles. The van der Waals surface area contributed by atoms with Crippen molar-refractivity contribution in [1.29, 1.82) is 0 Å². The minimum atomic E-state index is 0.519. The third-order valence-corrected chi connectivity index (χ3v) is 5.20. The molecule has 1 aromatic carbocycles. The maximum Gasteiger partial charge on any atom is 0.0840 e. The number of anilines is 1. The zero-order valence-electron chi connectivity index (χ0n) is 9.35. The molecule has 1 aliphatic heterocycles. The van der Waals surface area contributed by atoms with Crippen molar-refractivity contribution in [1.82, 2.24) is 0 Å². The van der Waals surface area contributed by atoms with E-state index in [1.807, 2.05) is 11.8 Å². The lowest BCUT2D eigenvalue weighted by molar-refractivity contribution is 0.866. The van der Waals surface area contributed by atoms with E-state index < -0.39 is 0 Å². The molecule has 1 nitrogen and oxygen atoms in total. The minimum Gasteiger partial charge on any atom is -0.361 e. The van der Waals surface area contributed by atoms with Crippen LogP contribution in [-0.4, -0.2) is 17.3 Å². The molecule has 0 saturated heterocycles. The smallest absolute Gasteiger partial charge is 0.0840 e. The van der Waals surface area contributed by atoms with Gasteiger partial charge in [-0.3, -0.25) is 0 Å². The van der Waals surface area contributed by atoms with Gasteiger partial charge >= 0.3 is 0 Å². The molecule has 1 fully saturated rings. The van der Waals surface area contributed by atoms with Crippen molar-refractivity contribution in [2.45, 2.75) is 29.5 Å². The molecule has 84 valence electrons.